The van der Waals surface area contributed by atoms with Crippen molar-refractivity contribution >= 4 is 34.3 Å². The number of aromatic nitrogens is 4. The predicted octanol–water partition coefficient (Wildman–Crippen LogP) is 3.36. The summed E-state index contributed by atoms with van der Waals surface area (Å²) >= 11 is 0. The van der Waals surface area contributed by atoms with E-state index in [-0.39, 0.29) is 12.6 Å². The van der Waals surface area contributed by atoms with Crippen molar-refractivity contribution in [1.29, 1.82) is 0 Å². The van der Waals surface area contributed by atoms with Crippen molar-refractivity contribution in [3.63, 3.8) is 0 Å². The van der Waals surface area contributed by atoms with Crippen molar-refractivity contribution in [2.45, 2.75) is 18.9 Å². The SMILES string of the molecule is OCC1CCCN1c1nc(Nc2ccc(N3CCOCC3)cc2)c2ncn(-c3ccccc3)c2n1. The lowest BCUT2D eigenvalue weighted by molar-refractivity contribution is 0.122. The molecule has 4 aromatic rings. The minimum Gasteiger partial charge on any atom is -0.394 e. The molecule has 4 heterocycles. The van der Waals surface area contributed by atoms with E-state index in [0.717, 1.165) is 62.7 Å². The van der Waals surface area contributed by atoms with Gasteiger partial charge in [-0.15, -0.1) is 0 Å². The molecule has 0 aliphatic carbocycles. The highest BCUT2D eigenvalue weighted by atomic mass is 16.5. The lowest BCUT2D eigenvalue weighted by Crippen LogP contribution is -2.36. The number of anilines is 4. The third-order valence-electron chi connectivity index (χ3n) is 6.77. The van der Waals surface area contributed by atoms with Crippen LogP contribution in [0.3, 0.4) is 0 Å². The number of rotatable bonds is 6. The summed E-state index contributed by atoms with van der Waals surface area (Å²) in [4.78, 5) is 18.9. The van der Waals surface area contributed by atoms with Crippen LogP contribution >= 0.6 is 0 Å². The van der Waals surface area contributed by atoms with Crippen LogP contribution in [0.25, 0.3) is 16.9 Å². The number of ether oxygens (including phenoxy) is 1. The van der Waals surface area contributed by atoms with E-state index in [9.17, 15) is 5.11 Å². The summed E-state index contributed by atoms with van der Waals surface area (Å²) in [5, 5.41) is 13.4. The van der Waals surface area contributed by atoms with E-state index in [1.54, 1.807) is 6.33 Å². The van der Waals surface area contributed by atoms with E-state index in [2.05, 4.69) is 44.4 Å². The normalized spacial score (nSPS) is 18.4. The molecule has 0 saturated carbocycles. The minimum atomic E-state index is 0.0289. The fourth-order valence-electron chi connectivity index (χ4n) is 4.88. The number of benzene rings is 2. The molecule has 1 atom stereocenters. The number of fused-ring (bicyclic) bond motifs is 1. The summed E-state index contributed by atoms with van der Waals surface area (Å²) in [6.45, 7) is 4.24. The van der Waals surface area contributed by atoms with Gasteiger partial charge in [-0.1, -0.05) is 18.2 Å². The van der Waals surface area contributed by atoms with Crippen molar-refractivity contribution in [3.05, 3.63) is 60.9 Å². The molecule has 2 aliphatic rings. The molecule has 1 unspecified atom stereocenters. The zero-order chi connectivity index (χ0) is 23.6. The van der Waals surface area contributed by atoms with Crippen LogP contribution in [0.2, 0.25) is 0 Å². The Bertz CT molecular complexity index is 1290. The Morgan fingerprint density at radius 1 is 0.943 bits per heavy atom. The number of hydrogen-bond donors (Lipinski definition) is 2. The molecular weight excluding hydrogens is 442 g/mol. The molecule has 9 heteroatoms. The Morgan fingerprint density at radius 3 is 2.51 bits per heavy atom. The average Bonchev–Trinajstić information content (AvgIpc) is 3.57. The van der Waals surface area contributed by atoms with Gasteiger partial charge in [0.05, 0.1) is 25.9 Å². The van der Waals surface area contributed by atoms with Gasteiger partial charge >= 0.3 is 0 Å². The Labute approximate surface area is 204 Å². The molecule has 2 aromatic heterocycles. The van der Waals surface area contributed by atoms with Crippen molar-refractivity contribution in [2.75, 3.05) is 54.6 Å². The largest absolute Gasteiger partial charge is 0.394 e. The van der Waals surface area contributed by atoms with Crippen LogP contribution in [-0.2, 0) is 4.74 Å². The van der Waals surface area contributed by atoms with Crippen LogP contribution in [0.1, 0.15) is 12.8 Å². The maximum Gasteiger partial charge on any atom is 0.229 e. The summed E-state index contributed by atoms with van der Waals surface area (Å²) in [5.74, 6) is 1.27. The van der Waals surface area contributed by atoms with E-state index < -0.39 is 0 Å². The second kappa shape index (κ2) is 9.52. The first-order valence-electron chi connectivity index (χ1n) is 12.2. The highest BCUT2D eigenvalue weighted by Gasteiger charge is 2.28. The van der Waals surface area contributed by atoms with Crippen LogP contribution in [0.5, 0.6) is 0 Å². The number of hydrogen-bond acceptors (Lipinski definition) is 8. The highest BCUT2D eigenvalue weighted by Crippen LogP contribution is 2.30. The monoisotopic (exact) mass is 471 g/mol. The number of aliphatic hydroxyl groups is 1. The van der Waals surface area contributed by atoms with Gasteiger partial charge in [0.1, 0.15) is 6.33 Å². The van der Waals surface area contributed by atoms with Crippen LogP contribution in [0.15, 0.2) is 60.9 Å². The summed E-state index contributed by atoms with van der Waals surface area (Å²) in [6, 6.07) is 18.5. The van der Waals surface area contributed by atoms with Gasteiger partial charge in [-0.3, -0.25) is 4.57 Å². The van der Waals surface area contributed by atoms with E-state index >= 15 is 0 Å². The van der Waals surface area contributed by atoms with E-state index in [4.69, 9.17) is 14.7 Å². The van der Waals surface area contributed by atoms with Crippen LogP contribution in [0, 0.1) is 0 Å². The smallest absolute Gasteiger partial charge is 0.229 e. The standard InChI is InChI=1S/C26H29N7O2/c34-17-22-7-4-12-32(22)26-29-24(23-25(30-26)33(18-27-23)21-5-2-1-3-6-21)28-19-8-10-20(11-9-19)31-13-15-35-16-14-31/h1-3,5-6,8-11,18,22,34H,4,7,12-17H2,(H,28,29,30). The van der Waals surface area contributed by atoms with E-state index in [0.29, 0.717) is 17.3 Å². The summed E-state index contributed by atoms with van der Waals surface area (Å²) in [5.41, 5.74) is 4.54. The first-order chi connectivity index (χ1) is 17.3. The molecule has 0 spiro atoms. The fourth-order valence-corrected chi connectivity index (χ4v) is 4.88. The van der Waals surface area contributed by atoms with Gasteiger partial charge in [0, 0.05) is 36.7 Å². The Kier molecular flexibility index (Phi) is 5.93. The molecule has 6 rings (SSSR count). The van der Waals surface area contributed by atoms with Crippen molar-refractivity contribution < 1.29 is 9.84 Å². The molecule has 2 N–H and O–H groups in total. The Hall–Kier alpha value is -3.69. The number of morpholine rings is 1. The number of para-hydroxylation sites is 1. The van der Waals surface area contributed by atoms with Crippen LogP contribution in [-0.4, -0.2) is 70.1 Å². The maximum atomic E-state index is 9.90. The molecule has 0 radical (unpaired) electrons. The minimum absolute atomic E-state index is 0.0289. The molecule has 0 bridgehead atoms. The maximum absolute atomic E-state index is 9.90. The number of imidazole rings is 1. The van der Waals surface area contributed by atoms with Gasteiger partial charge in [-0.05, 0) is 49.2 Å². The Balaban J connectivity index is 1.38. The predicted molar refractivity (Wildman–Crippen MR) is 137 cm³/mol. The molecule has 180 valence electrons. The van der Waals surface area contributed by atoms with Crippen LogP contribution < -0.4 is 15.1 Å². The molecule has 2 aliphatic heterocycles. The van der Waals surface area contributed by atoms with Crippen molar-refractivity contribution in [3.8, 4) is 5.69 Å². The average molecular weight is 472 g/mol. The van der Waals surface area contributed by atoms with Gasteiger partial charge in [0.25, 0.3) is 0 Å². The highest BCUT2D eigenvalue weighted by molar-refractivity contribution is 5.87. The van der Waals surface area contributed by atoms with Gasteiger partial charge < -0.3 is 25.0 Å². The molecule has 2 saturated heterocycles. The number of nitrogens with zero attached hydrogens (tertiary/aromatic N) is 6. The van der Waals surface area contributed by atoms with E-state index in [1.807, 2.05) is 34.9 Å². The topological polar surface area (TPSA) is 91.6 Å². The Morgan fingerprint density at radius 2 is 1.74 bits per heavy atom. The zero-order valence-corrected chi connectivity index (χ0v) is 19.5. The second-order valence-corrected chi connectivity index (χ2v) is 8.94. The first-order valence-corrected chi connectivity index (χ1v) is 12.2. The van der Waals surface area contributed by atoms with Gasteiger partial charge in [0.2, 0.25) is 5.95 Å². The lowest BCUT2D eigenvalue weighted by atomic mass is 10.2. The first kappa shape index (κ1) is 21.8. The van der Waals surface area contributed by atoms with Crippen molar-refractivity contribution in [1.82, 2.24) is 19.5 Å². The molecule has 2 aromatic carbocycles. The second-order valence-electron chi connectivity index (χ2n) is 8.94. The van der Waals surface area contributed by atoms with E-state index in [1.165, 1.54) is 5.69 Å². The quantitative estimate of drug-likeness (QED) is 0.442. The summed E-state index contributed by atoms with van der Waals surface area (Å²) in [6.07, 6.45) is 3.73. The lowest BCUT2D eigenvalue weighted by Gasteiger charge is -2.29. The van der Waals surface area contributed by atoms with Crippen LogP contribution in [0.4, 0.5) is 23.1 Å². The van der Waals surface area contributed by atoms with Crippen molar-refractivity contribution in [2.24, 2.45) is 0 Å². The zero-order valence-electron chi connectivity index (χ0n) is 19.5. The molecular formula is C26H29N7O2. The molecule has 2 fully saturated rings. The molecule has 35 heavy (non-hydrogen) atoms. The van der Waals surface area contributed by atoms with Gasteiger partial charge in [0.15, 0.2) is 17.0 Å². The van der Waals surface area contributed by atoms with Gasteiger partial charge in [-0.2, -0.15) is 9.97 Å². The third-order valence-corrected chi connectivity index (χ3v) is 6.77. The molecule has 0 amide bonds. The summed E-state index contributed by atoms with van der Waals surface area (Å²) < 4.78 is 7.45. The van der Waals surface area contributed by atoms with Gasteiger partial charge in [-0.25, -0.2) is 4.98 Å². The molecule has 9 nitrogen and oxygen atoms in total. The fraction of sp³-hybridized carbons (Fsp3) is 0.346. The summed E-state index contributed by atoms with van der Waals surface area (Å²) in [7, 11) is 0. The number of nitrogens with one attached hydrogen (secondary N) is 1. The number of aliphatic hydroxyl groups excluding tert-OH is 1. The third kappa shape index (κ3) is 4.28.